The summed E-state index contributed by atoms with van der Waals surface area (Å²) in [5, 5.41) is 9.12. The summed E-state index contributed by atoms with van der Waals surface area (Å²) in [5.41, 5.74) is 0. The quantitative estimate of drug-likeness (QED) is 0.637. The normalized spacial score (nSPS) is 12.4. The molecular weight excluding hydrogens is 150 g/mol. The van der Waals surface area contributed by atoms with Gasteiger partial charge in [0.05, 0.1) is 6.54 Å². The Morgan fingerprint density at radius 1 is 1.25 bits per heavy atom. The first-order chi connectivity index (χ1) is 5.74. The van der Waals surface area contributed by atoms with Gasteiger partial charge in [0, 0.05) is 0 Å². The SMILES string of the molecule is CC[C@@H](O)C#CCN(CC)CC. The summed E-state index contributed by atoms with van der Waals surface area (Å²) in [6.45, 7) is 8.96. The number of hydrogen-bond acceptors (Lipinski definition) is 2. The molecule has 0 unspecified atom stereocenters. The maximum Gasteiger partial charge on any atom is 0.114 e. The van der Waals surface area contributed by atoms with Crippen molar-refractivity contribution in [1.82, 2.24) is 4.90 Å². The average Bonchev–Trinajstić information content (AvgIpc) is 2.12. The summed E-state index contributed by atoms with van der Waals surface area (Å²) in [4.78, 5) is 2.22. The number of rotatable bonds is 4. The van der Waals surface area contributed by atoms with Gasteiger partial charge in [-0.05, 0) is 19.5 Å². The van der Waals surface area contributed by atoms with Gasteiger partial charge < -0.3 is 5.11 Å². The lowest BCUT2D eigenvalue weighted by atomic mass is 10.3. The molecule has 0 amide bonds. The van der Waals surface area contributed by atoms with E-state index < -0.39 is 6.10 Å². The van der Waals surface area contributed by atoms with Crippen LogP contribution in [0, 0.1) is 11.8 Å². The van der Waals surface area contributed by atoms with Gasteiger partial charge >= 0.3 is 0 Å². The van der Waals surface area contributed by atoms with Crippen molar-refractivity contribution in [2.45, 2.75) is 33.3 Å². The molecule has 0 fully saturated rings. The van der Waals surface area contributed by atoms with Crippen molar-refractivity contribution in [2.75, 3.05) is 19.6 Å². The highest BCUT2D eigenvalue weighted by Gasteiger charge is 1.94. The summed E-state index contributed by atoms with van der Waals surface area (Å²) in [5.74, 6) is 5.76. The Labute approximate surface area is 75.6 Å². The van der Waals surface area contributed by atoms with Gasteiger partial charge in [-0.2, -0.15) is 0 Å². The molecule has 0 aromatic rings. The van der Waals surface area contributed by atoms with Crippen LogP contribution < -0.4 is 0 Å². The Balaban J connectivity index is 3.67. The van der Waals surface area contributed by atoms with Gasteiger partial charge in [0.15, 0.2) is 0 Å². The van der Waals surface area contributed by atoms with Gasteiger partial charge in [0.2, 0.25) is 0 Å². The largest absolute Gasteiger partial charge is 0.380 e. The summed E-state index contributed by atoms with van der Waals surface area (Å²) in [6, 6.07) is 0. The molecule has 70 valence electrons. The zero-order valence-corrected chi connectivity index (χ0v) is 8.30. The molecule has 0 aromatic heterocycles. The lowest BCUT2D eigenvalue weighted by Gasteiger charge is -2.13. The van der Waals surface area contributed by atoms with E-state index in [1.54, 1.807) is 0 Å². The second-order valence-electron chi connectivity index (χ2n) is 2.71. The van der Waals surface area contributed by atoms with Gasteiger partial charge in [-0.3, -0.25) is 4.90 Å². The Hall–Kier alpha value is -0.520. The van der Waals surface area contributed by atoms with Crippen LogP contribution in [0.5, 0.6) is 0 Å². The topological polar surface area (TPSA) is 23.5 Å². The molecule has 0 aliphatic rings. The third kappa shape index (κ3) is 5.17. The second-order valence-corrected chi connectivity index (χ2v) is 2.71. The van der Waals surface area contributed by atoms with E-state index >= 15 is 0 Å². The molecule has 0 aliphatic carbocycles. The molecular formula is C10H19NO. The van der Waals surface area contributed by atoms with Crippen molar-refractivity contribution < 1.29 is 5.11 Å². The zero-order chi connectivity index (χ0) is 9.40. The Morgan fingerprint density at radius 2 is 1.83 bits per heavy atom. The molecule has 0 rings (SSSR count). The van der Waals surface area contributed by atoms with E-state index in [1.165, 1.54) is 0 Å². The molecule has 0 aromatic carbocycles. The second kappa shape index (κ2) is 7.15. The maximum absolute atomic E-state index is 9.12. The predicted octanol–water partition coefficient (Wildman–Crippen LogP) is 1.10. The van der Waals surface area contributed by atoms with Crippen LogP contribution in [0.25, 0.3) is 0 Å². The summed E-state index contributed by atoms with van der Waals surface area (Å²) in [6.07, 6.45) is 0.270. The smallest absolute Gasteiger partial charge is 0.114 e. The Kier molecular flexibility index (Phi) is 6.84. The first-order valence-electron chi connectivity index (χ1n) is 4.63. The average molecular weight is 169 g/mol. The number of nitrogens with zero attached hydrogens (tertiary/aromatic N) is 1. The zero-order valence-electron chi connectivity index (χ0n) is 8.30. The molecule has 0 saturated carbocycles. The van der Waals surface area contributed by atoms with E-state index in [-0.39, 0.29) is 0 Å². The first kappa shape index (κ1) is 11.5. The van der Waals surface area contributed by atoms with Gasteiger partial charge in [0.25, 0.3) is 0 Å². The van der Waals surface area contributed by atoms with Crippen molar-refractivity contribution >= 4 is 0 Å². The monoisotopic (exact) mass is 169 g/mol. The van der Waals surface area contributed by atoms with Crippen molar-refractivity contribution in [3.8, 4) is 11.8 Å². The highest BCUT2D eigenvalue weighted by molar-refractivity contribution is 5.05. The van der Waals surface area contributed by atoms with Crippen LogP contribution in [0.1, 0.15) is 27.2 Å². The van der Waals surface area contributed by atoms with Crippen molar-refractivity contribution in [1.29, 1.82) is 0 Å². The molecule has 0 spiro atoms. The van der Waals surface area contributed by atoms with Gasteiger partial charge in [0.1, 0.15) is 6.10 Å². The fraction of sp³-hybridized carbons (Fsp3) is 0.800. The lowest BCUT2D eigenvalue weighted by molar-refractivity contribution is 0.228. The Bertz CT molecular complexity index is 153. The third-order valence-electron chi connectivity index (χ3n) is 1.85. The highest BCUT2D eigenvalue weighted by atomic mass is 16.3. The lowest BCUT2D eigenvalue weighted by Crippen LogP contribution is -2.23. The molecule has 2 heteroatoms. The van der Waals surface area contributed by atoms with Crippen LogP contribution in [0.3, 0.4) is 0 Å². The van der Waals surface area contributed by atoms with E-state index in [0.29, 0.717) is 6.42 Å². The van der Waals surface area contributed by atoms with Crippen LogP contribution >= 0.6 is 0 Å². The number of aliphatic hydroxyl groups is 1. The summed E-state index contributed by atoms with van der Waals surface area (Å²) >= 11 is 0. The van der Waals surface area contributed by atoms with Gasteiger partial charge in [-0.25, -0.2) is 0 Å². The molecule has 0 aliphatic heterocycles. The first-order valence-corrected chi connectivity index (χ1v) is 4.63. The molecule has 1 atom stereocenters. The molecule has 0 radical (unpaired) electrons. The molecule has 1 N–H and O–H groups in total. The molecule has 2 nitrogen and oxygen atoms in total. The van der Waals surface area contributed by atoms with Gasteiger partial charge in [-0.1, -0.05) is 32.6 Å². The maximum atomic E-state index is 9.12. The fourth-order valence-corrected chi connectivity index (χ4v) is 0.825. The van der Waals surface area contributed by atoms with E-state index in [0.717, 1.165) is 19.6 Å². The van der Waals surface area contributed by atoms with Crippen LogP contribution in [0.15, 0.2) is 0 Å². The number of aliphatic hydroxyl groups excluding tert-OH is 1. The highest BCUT2D eigenvalue weighted by Crippen LogP contribution is 1.87. The van der Waals surface area contributed by atoms with E-state index in [4.69, 9.17) is 5.11 Å². The van der Waals surface area contributed by atoms with Crippen molar-refractivity contribution in [3.05, 3.63) is 0 Å². The van der Waals surface area contributed by atoms with Crippen LogP contribution in [-0.2, 0) is 0 Å². The predicted molar refractivity (Wildman–Crippen MR) is 51.9 cm³/mol. The summed E-state index contributed by atoms with van der Waals surface area (Å²) < 4.78 is 0. The molecule has 12 heavy (non-hydrogen) atoms. The van der Waals surface area contributed by atoms with E-state index in [9.17, 15) is 0 Å². The van der Waals surface area contributed by atoms with Gasteiger partial charge in [-0.15, -0.1) is 0 Å². The minimum Gasteiger partial charge on any atom is -0.380 e. The molecule has 0 heterocycles. The van der Waals surface area contributed by atoms with E-state index in [2.05, 4.69) is 30.6 Å². The minimum atomic E-state index is -0.444. The van der Waals surface area contributed by atoms with Crippen LogP contribution in [0.4, 0.5) is 0 Å². The van der Waals surface area contributed by atoms with Crippen molar-refractivity contribution in [3.63, 3.8) is 0 Å². The number of hydrogen-bond donors (Lipinski definition) is 1. The fourth-order valence-electron chi connectivity index (χ4n) is 0.825. The Morgan fingerprint density at radius 3 is 2.25 bits per heavy atom. The van der Waals surface area contributed by atoms with Crippen LogP contribution in [-0.4, -0.2) is 35.7 Å². The molecule has 0 saturated heterocycles. The summed E-state index contributed by atoms with van der Waals surface area (Å²) in [7, 11) is 0. The minimum absolute atomic E-state index is 0.444. The van der Waals surface area contributed by atoms with E-state index in [1.807, 2.05) is 6.92 Å². The third-order valence-corrected chi connectivity index (χ3v) is 1.85. The van der Waals surface area contributed by atoms with Crippen molar-refractivity contribution in [2.24, 2.45) is 0 Å². The molecule has 0 bridgehead atoms. The van der Waals surface area contributed by atoms with Crippen LogP contribution in [0.2, 0.25) is 0 Å². The standard InChI is InChI=1S/C10H19NO/c1-4-10(12)8-7-9-11(5-2)6-3/h10,12H,4-6,9H2,1-3H3/t10-/m1/s1.